The molecule has 1 aliphatic rings. The predicted molar refractivity (Wildman–Crippen MR) is 99.8 cm³/mol. The summed E-state index contributed by atoms with van der Waals surface area (Å²) in [7, 11) is 1.62. The van der Waals surface area contributed by atoms with Crippen molar-refractivity contribution in [2.24, 2.45) is 0 Å². The Morgan fingerprint density at radius 1 is 1.48 bits per heavy atom. The normalized spacial score (nSPS) is 13.3. The van der Waals surface area contributed by atoms with Crippen LogP contribution in [0, 0.1) is 18.3 Å². The minimum absolute atomic E-state index is 0.245. The van der Waals surface area contributed by atoms with Gasteiger partial charge in [-0.25, -0.2) is 0 Å². The fourth-order valence-corrected chi connectivity index (χ4v) is 4.06. The van der Waals surface area contributed by atoms with E-state index in [0.29, 0.717) is 10.6 Å². The number of thiophene rings is 1. The van der Waals surface area contributed by atoms with Crippen molar-refractivity contribution in [2.75, 3.05) is 19.0 Å². The Balaban J connectivity index is 1.78. The van der Waals surface area contributed by atoms with Crippen LogP contribution in [0.5, 0.6) is 5.75 Å². The lowest BCUT2D eigenvalue weighted by atomic mass is 10.1. The molecule has 0 saturated carbocycles. The standard InChI is InChI=1S/C19H19N3O2S/c1-12-13(4-3-5-16(12)24-2)6-7-18(23)22-19-15(10-20)14-8-9-21-11-17(14)25-19/h3-7,21H,8-9,11H2,1-2H3,(H,22,23)/b7-6-. The second-order valence-corrected chi connectivity index (χ2v) is 6.85. The second kappa shape index (κ2) is 7.51. The van der Waals surface area contributed by atoms with Gasteiger partial charge in [0, 0.05) is 17.5 Å². The number of nitrogens with zero attached hydrogens (tertiary/aromatic N) is 1. The molecule has 1 aromatic heterocycles. The third-order valence-electron chi connectivity index (χ3n) is 4.24. The molecule has 6 heteroatoms. The van der Waals surface area contributed by atoms with Gasteiger partial charge in [0.25, 0.3) is 0 Å². The van der Waals surface area contributed by atoms with E-state index >= 15 is 0 Å². The Morgan fingerprint density at radius 3 is 3.08 bits per heavy atom. The van der Waals surface area contributed by atoms with Crippen molar-refractivity contribution in [3.63, 3.8) is 0 Å². The number of nitriles is 1. The van der Waals surface area contributed by atoms with Crippen molar-refractivity contribution in [1.29, 1.82) is 5.26 Å². The number of ether oxygens (including phenoxy) is 1. The molecule has 0 unspecified atom stereocenters. The number of hydrogen-bond donors (Lipinski definition) is 2. The maximum atomic E-state index is 12.3. The van der Waals surface area contributed by atoms with Gasteiger partial charge in [-0.15, -0.1) is 11.3 Å². The zero-order chi connectivity index (χ0) is 17.8. The average Bonchev–Trinajstić information content (AvgIpc) is 2.97. The van der Waals surface area contributed by atoms with E-state index in [1.807, 2.05) is 25.1 Å². The largest absolute Gasteiger partial charge is 0.496 e. The fourth-order valence-electron chi connectivity index (χ4n) is 2.89. The summed E-state index contributed by atoms with van der Waals surface area (Å²) >= 11 is 1.47. The van der Waals surface area contributed by atoms with Gasteiger partial charge in [0.05, 0.1) is 12.7 Å². The van der Waals surface area contributed by atoms with E-state index in [9.17, 15) is 10.1 Å². The Labute approximate surface area is 150 Å². The lowest BCUT2D eigenvalue weighted by Gasteiger charge is -2.11. The second-order valence-electron chi connectivity index (χ2n) is 5.74. The molecule has 128 valence electrons. The molecule has 3 rings (SSSR count). The monoisotopic (exact) mass is 353 g/mol. The number of amides is 1. The molecular formula is C19H19N3O2S. The van der Waals surface area contributed by atoms with Crippen LogP contribution in [0.25, 0.3) is 6.08 Å². The Kier molecular flexibility index (Phi) is 5.17. The first kappa shape index (κ1) is 17.2. The van der Waals surface area contributed by atoms with Gasteiger partial charge in [0.1, 0.15) is 16.8 Å². The van der Waals surface area contributed by atoms with Crippen LogP contribution in [0.4, 0.5) is 5.00 Å². The minimum Gasteiger partial charge on any atom is -0.496 e. The van der Waals surface area contributed by atoms with Gasteiger partial charge in [-0.1, -0.05) is 12.1 Å². The average molecular weight is 353 g/mol. The summed E-state index contributed by atoms with van der Waals surface area (Å²) in [4.78, 5) is 13.4. The Bertz CT molecular complexity index is 878. The van der Waals surface area contributed by atoms with Crippen LogP contribution in [0.15, 0.2) is 24.3 Å². The van der Waals surface area contributed by atoms with Crippen LogP contribution in [0.3, 0.4) is 0 Å². The molecule has 2 aromatic rings. The van der Waals surface area contributed by atoms with Gasteiger partial charge in [-0.2, -0.15) is 5.26 Å². The molecule has 0 radical (unpaired) electrons. The lowest BCUT2D eigenvalue weighted by molar-refractivity contribution is -0.111. The molecule has 0 aliphatic carbocycles. The molecule has 0 atom stereocenters. The topological polar surface area (TPSA) is 74.1 Å². The number of rotatable bonds is 4. The van der Waals surface area contributed by atoms with Crippen molar-refractivity contribution in [3.05, 3.63) is 51.4 Å². The fraction of sp³-hybridized carbons (Fsp3) is 0.263. The summed E-state index contributed by atoms with van der Waals surface area (Å²) in [5.41, 5.74) is 3.56. The van der Waals surface area contributed by atoms with E-state index in [-0.39, 0.29) is 5.91 Å². The van der Waals surface area contributed by atoms with Crippen LogP contribution in [0.1, 0.15) is 27.1 Å². The van der Waals surface area contributed by atoms with Gasteiger partial charge in [-0.05, 0) is 48.7 Å². The number of carbonyl (C=O) groups excluding carboxylic acids is 1. The zero-order valence-corrected chi connectivity index (χ0v) is 15.0. The molecule has 5 nitrogen and oxygen atoms in total. The molecule has 25 heavy (non-hydrogen) atoms. The molecular weight excluding hydrogens is 334 g/mol. The number of hydrogen-bond acceptors (Lipinski definition) is 5. The number of carbonyl (C=O) groups is 1. The van der Waals surface area contributed by atoms with Crippen molar-refractivity contribution in [1.82, 2.24) is 5.32 Å². The molecule has 0 spiro atoms. The van der Waals surface area contributed by atoms with Gasteiger partial charge >= 0.3 is 0 Å². The van der Waals surface area contributed by atoms with E-state index in [4.69, 9.17) is 4.74 Å². The Hall–Kier alpha value is -2.62. The van der Waals surface area contributed by atoms with Crippen LogP contribution < -0.4 is 15.4 Å². The van der Waals surface area contributed by atoms with E-state index in [2.05, 4.69) is 16.7 Å². The maximum absolute atomic E-state index is 12.3. The number of nitrogens with one attached hydrogen (secondary N) is 2. The molecule has 1 amide bonds. The molecule has 2 heterocycles. The quantitative estimate of drug-likeness (QED) is 0.828. The van der Waals surface area contributed by atoms with Crippen LogP contribution in [-0.4, -0.2) is 19.6 Å². The highest BCUT2D eigenvalue weighted by Gasteiger charge is 2.21. The Morgan fingerprint density at radius 2 is 2.32 bits per heavy atom. The van der Waals surface area contributed by atoms with Crippen molar-refractivity contribution < 1.29 is 9.53 Å². The van der Waals surface area contributed by atoms with Gasteiger partial charge in [0.2, 0.25) is 5.91 Å². The van der Waals surface area contributed by atoms with Gasteiger partial charge in [0.15, 0.2) is 0 Å². The number of benzene rings is 1. The molecule has 0 bridgehead atoms. The summed E-state index contributed by atoms with van der Waals surface area (Å²) in [5, 5.41) is 16.2. The summed E-state index contributed by atoms with van der Waals surface area (Å²) in [6.07, 6.45) is 4.07. The SMILES string of the molecule is COc1cccc(/C=C\C(=O)Nc2sc3c(c2C#N)CCNC3)c1C. The lowest BCUT2D eigenvalue weighted by Crippen LogP contribution is -2.22. The first-order valence-electron chi connectivity index (χ1n) is 8.02. The molecule has 1 aliphatic heterocycles. The highest BCUT2D eigenvalue weighted by molar-refractivity contribution is 7.16. The van der Waals surface area contributed by atoms with Crippen molar-refractivity contribution >= 4 is 28.3 Å². The summed E-state index contributed by atoms with van der Waals surface area (Å²) in [6, 6.07) is 7.93. The van der Waals surface area contributed by atoms with Crippen LogP contribution in [-0.2, 0) is 17.8 Å². The van der Waals surface area contributed by atoms with Crippen molar-refractivity contribution in [3.8, 4) is 11.8 Å². The molecule has 0 saturated heterocycles. The van der Waals surface area contributed by atoms with Crippen LogP contribution in [0.2, 0.25) is 0 Å². The van der Waals surface area contributed by atoms with Crippen molar-refractivity contribution in [2.45, 2.75) is 19.9 Å². The number of methoxy groups -OCH3 is 1. The van der Waals surface area contributed by atoms with E-state index in [1.165, 1.54) is 17.4 Å². The van der Waals surface area contributed by atoms with E-state index in [1.54, 1.807) is 13.2 Å². The summed E-state index contributed by atoms with van der Waals surface area (Å²) in [6.45, 7) is 3.56. The smallest absolute Gasteiger partial charge is 0.249 e. The predicted octanol–water partition coefficient (Wildman–Crippen LogP) is 3.23. The first-order chi connectivity index (χ1) is 12.1. The zero-order valence-electron chi connectivity index (χ0n) is 14.2. The first-order valence-corrected chi connectivity index (χ1v) is 8.83. The molecule has 0 fully saturated rings. The third kappa shape index (κ3) is 3.58. The van der Waals surface area contributed by atoms with E-state index < -0.39 is 0 Å². The highest BCUT2D eigenvalue weighted by atomic mass is 32.1. The number of fused-ring (bicyclic) bond motifs is 1. The van der Waals surface area contributed by atoms with Gasteiger partial charge in [-0.3, -0.25) is 4.79 Å². The molecule has 2 N–H and O–H groups in total. The maximum Gasteiger partial charge on any atom is 0.249 e. The van der Waals surface area contributed by atoms with Gasteiger partial charge < -0.3 is 15.4 Å². The van der Waals surface area contributed by atoms with Crippen LogP contribution >= 0.6 is 11.3 Å². The number of anilines is 1. The molecule has 1 aromatic carbocycles. The minimum atomic E-state index is -0.245. The third-order valence-corrected chi connectivity index (χ3v) is 5.38. The summed E-state index contributed by atoms with van der Waals surface area (Å²) < 4.78 is 5.29. The summed E-state index contributed by atoms with van der Waals surface area (Å²) in [5.74, 6) is 0.540. The van der Waals surface area contributed by atoms with E-state index in [0.717, 1.165) is 46.8 Å². The highest BCUT2D eigenvalue weighted by Crippen LogP contribution is 2.34.